The predicted octanol–water partition coefficient (Wildman–Crippen LogP) is 1.59. The topological polar surface area (TPSA) is 49.4 Å². The summed E-state index contributed by atoms with van der Waals surface area (Å²) in [5, 5.41) is 3.07. The number of hydrogen-bond donors (Lipinski definition) is 1. The van der Waals surface area contributed by atoms with E-state index in [1.807, 2.05) is 13.8 Å². The molecule has 0 aromatic carbocycles. The molecule has 1 rings (SSSR count). The fraction of sp³-hybridized carbons (Fsp3) is 0.857. The molecule has 4 nitrogen and oxygen atoms in total. The lowest BCUT2D eigenvalue weighted by atomic mass is 9.97. The van der Waals surface area contributed by atoms with Crippen molar-refractivity contribution in [3.8, 4) is 0 Å². The van der Waals surface area contributed by atoms with Crippen LogP contribution in [0.3, 0.4) is 0 Å². The lowest BCUT2D eigenvalue weighted by molar-refractivity contribution is -0.132. The van der Waals surface area contributed by atoms with E-state index < -0.39 is 0 Å². The van der Waals surface area contributed by atoms with Gasteiger partial charge in [0.2, 0.25) is 5.91 Å². The van der Waals surface area contributed by atoms with Crippen molar-refractivity contribution in [3.05, 3.63) is 0 Å². The van der Waals surface area contributed by atoms with Crippen LogP contribution in [0.4, 0.5) is 0 Å². The molecule has 1 amide bonds. The smallest absolute Gasteiger partial charge is 0.237 e. The first-order valence-electron chi connectivity index (χ1n) is 7.06. The third-order valence-corrected chi connectivity index (χ3v) is 3.96. The fourth-order valence-corrected chi connectivity index (χ4v) is 2.38. The molecule has 0 aromatic heterocycles. The molecule has 1 aliphatic heterocycles. The molecule has 1 saturated heterocycles. The summed E-state index contributed by atoms with van der Waals surface area (Å²) in [5.74, 6) is 0.464. The molecule has 0 spiro atoms. The molecule has 0 bridgehead atoms. The Morgan fingerprint density at radius 1 is 1.44 bits per heavy atom. The molecule has 1 N–H and O–H groups in total. The number of rotatable bonds is 5. The Bertz CT molecular complexity index is 300. The number of Topliss-reactive ketones (excluding diaryl/α,β-unsaturated/α-hetero) is 1. The van der Waals surface area contributed by atoms with Gasteiger partial charge in [0, 0.05) is 31.5 Å². The van der Waals surface area contributed by atoms with E-state index in [4.69, 9.17) is 0 Å². The normalized spacial score (nSPS) is 23.2. The summed E-state index contributed by atoms with van der Waals surface area (Å²) in [4.78, 5) is 25.7. The Labute approximate surface area is 110 Å². The number of hydrogen-bond acceptors (Lipinski definition) is 3. The zero-order chi connectivity index (χ0) is 13.7. The highest BCUT2D eigenvalue weighted by atomic mass is 16.2. The average Bonchev–Trinajstić information content (AvgIpc) is 2.38. The van der Waals surface area contributed by atoms with E-state index in [1.165, 1.54) is 0 Å². The molecule has 18 heavy (non-hydrogen) atoms. The number of carbonyl (C=O) groups excluding carboxylic acids is 2. The van der Waals surface area contributed by atoms with Crippen LogP contribution in [0.15, 0.2) is 0 Å². The van der Waals surface area contributed by atoms with Crippen LogP contribution in [0.1, 0.15) is 47.0 Å². The second-order valence-corrected chi connectivity index (χ2v) is 5.31. The van der Waals surface area contributed by atoms with E-state index in [-0.39, 0.29) is 23.9 Å². The van der Waals surface area contributed by atoms with Gasteiger partial charge in [0.25, 0.3) is 0 Å². The number of piperidine rings is 1. The van der Waals surface area contributed by atoms with Gasteiger partial charge in [0.15, 0.2) is 0 Å². The predicted molar refractivity (Wildman–Crippen MR) is 72.3 cm³/mol. The summed E-state index contributed by atoms with van der Waals surface area (Å²) in [5.41, 5.74) is 0. The molecule has 2 unspecified atom stereocenters. The maximum atomic E-state index is 12.1. The van der Waals surface area contributed by atoms with Crippen LogP contribution in [0.2, 0.25) is 0 Å². The van der Waals surface area contributed by atoms with E-state index in [0.717, 1.165) is 12.8 Å². The van der Waals surface area contributed by atoms with Gasteiger partial charge in [0.05, 0.1) is 6.04 Å². The Morgan fingerprint density at radius 3 is 2.56 bits per heavy atom. The van der Waals surface area contributed by atoms with E-state index >= 15 is 0 Å². The van der Waals surface area contributed by atoms with Crippen LogP contribution in [-0.4, -0.2) is 41.8 Å². The average molecular weight is 254 g/mol. The highest BCUT2D eigenvalue weighted by molar-refractivity contribution is 5.84. The van der Waals surface area contributed by atoms with Crippen LogP contribution < -0.4 is 5.32 Å². The Kier molecular flexibility index (Phi) is 5.79. The fourth-order valence-electron chi connectivity index (χ4n) is 2.38. The molecule has 0 saturated carbocycles. The number of nitrogens with one attached hydrogen (secondary N) is 1. The van der Waals surface area contributed by atoms with Crippen molar-refractivity contribution in [2.45, 2.75) is 59.0 Å². The molecule has 1 heterocycles. The van der Waals surface area contributed by atoms with Gasteiger partial charge in [-0.25, -0.2) is 0 Å². The van der Waals surface area contributed by atoms with Crippen molar-refractivity contribution in [1.29, 1.82) is 0 Å². The Hall–Kier alpha value is -0.900. The molecule has 4 heteroatoms. The molecular formula is C14H26N2O2. The monoisotopic (exact) mass is 254 g/mol. The van der Waals surface area contributed by atoms with Crippen molar-refractivity contribution >= 4 is 11.7 Å². The Balaban J connectivity index is 2.50. The van der Waals surface area contributed by atoms with Crippen molar-refractivity contribution in [2.24, 2.45) is 5.92 Å². The molecule has 0 aromatic rings. The third kappa shape index (κ3) is 3.80. The maximum absolute atomic E-state index is 12.1. The van der Waals surface area contributed by atoms with Gasteiger partial charge in [-0.15, -0.1) is 0 Å². The van der Waals surface area contributed by atoms with E-state index in [9.17, 15) is 9.59 Å². The van der Waals surface area contributed by atoms with Crippen molar-refractivity contribution < 1.29 is 9.59 Å². The largest absolute Gasteiger partial charge is 0.352 e. The Morgan fingerprint density at radius 2 is 2.06 bits per heavy atom. The molecule has 2 atom stereocenters. The maximum Gasteiger partial charge on any atom is 0.237 e. The first-order valence-corrected chi connectivity index (χ1v) is 7.06. The van der Waals surface area contributed by atoms with Gasteiger partial charge in [-0.1, -0.05) is 20.8 Å². The lowest BCUT2D eigenvalue weighted by Crippen LogP contribution is -2.52. The quantitative estimate of drug-likeness (QED) is 0.810. The second-order valence-electron chi connectivity index (χ2n) is 5.31. The zero-order valence-electron chi connectivity index (χ0n) is 12.0. The van der Waals surface area contributed by atoms with Crippen LogP contribution in [-0.2, 0) is 9.59 Å². The summed E-state index contributed by atoms with van der Waals surface area (Å²) in [6, 6.07) is 0.130. The van der Waals surface area contributed by atoms with Crippen LogP contribution in [0, 0.1) is 5.92 Å². The second kappa shape index (κ2) is 6.88. The van der Waals surface area contributed by atoms with Crippen LogP contribution >= 0.6 is 0 Å². The van der Waals surface area contributed by atoms with Gasteiger partial charge in [-0.2, -0.15) is 0 Å². The van der Waals surface area contributed by atoms with Gasteiger partial charge >= 0.3 is 0 Å². The van der Waals surface area contributed by atoms with E-state index in [2.05, 4.69) is 24.1 Å². The molecule has 1 aliphatic rings. The minimum Gasteiger partial charge on any atom is -0.352 e. The van der Waals surface area contributed by atoms with Crippen molar-refractivity contribution in [2.75, 3.05) is 13.1 Å². The van der Waals surface area contributed by atoms with Gasteiger partial charge in [0.1, 0.15) is 5.78 Å². The number of carbonyl (C=O) groups is 2. The summed E-state index contributed by atoms with van der Waals surface area (Å²) in [6.07, 6.45) is 2.50. The van der Waals surface area contributed by atoms with E-state index in [0.29, 0.717) is 25.3 Å². The molecule has 0 aliphatic carbocycles. The minimum atomic E-state index is -0.138. The SMILES string of the molecule is CCC(CC)NC(=O)C(C)N1CCC(=O)C(C)C1. The first kappa shape index (κ1) is 15.2. The zero-order valence-corrected chi connectivity index (χ0v) is 12.0. The van der Waals surface area contributed by atoms with Gasteiger partial charge in [-0.3, -0.25) is 14.5 Å². The molecule has 1 fully saturated rings. The molecule has 104 valence electrons. The summed E-state index contributed by atoms with van der Waals surface area (Å²) in [6.45, 7) is 9.46. The van der Waals surface area contributed by atoms with Crippen molar-refractivity contribution in [1.82, 2.24) is 10.2 Å². The van der Waals surface area contributed by atoms with Crippen LogP contribution in [0.25, 0.3) is 0 Å². The summed E-state index contributed by atoms with van der Waals surface area (Å²) in [7, 11) is 0. The molecule has 0 radical (unpaired) electrons. The standard InChI is InChI=1S/C14H26N2O2/c1-5-12(6-2)15-14(18)11(4)16-8-7-13(17)10(3)9-16/h10-12H,5-9H2,1-4H3,(H,15,18). The minimum absolute atomic E-state index is 0.0575. The first-order chi connectivity index (χ1) is 8.49. The number of ketones is 1. The molecular weight excluding hydrogens is 228 g/mol. The number of nitrogens with zero attached hydrogens (tertiary/aromatic N) is 1. The number of likely N-dealkylation sites (tertiary alicyclic amines) is 1. The van der Waals surface area contributed by atoms with E-state index in [1.54, 1.807) is 0 Å². The van der Waals surface area contributed by atoms with Crippen molar-refractivity contribution in [3.63, 3.8) is 0 Å². The summed E-state index contributed by atoms with van der Waals surface area (Å²) < 4.78 is 0. The lowest BCUT2D eigenvalue weighted by Gasteiger charge is -2.34. The van der Waals surface area contributed by atoms with Gasteiger partial charge in [-0.05, 0) is 19.8 Å². The summed E-state index contributed by atoms with van der Waals surface area (Å²) >= 11 is 0. The van der Waals surface area contributed by atoms with Gasteiger partial charge < -0.3 is 5.32 Å². The third-order valence-electron chi connectivity index (χ3n) is 3.96. The van der Waals surface area contributed by atoms with Crippen LogP contribution in [0.5, 0.6) is 0 Å². The highest BCUT2D eigenvalue weighted by Gasteiger charge is 2.29. The number of amides is 1. The highest BCUT2D eigenvalue weighted by Crippen LogP contribution is 2.15.